The molecule has 1 N–H and O–H groups in total. The summed E-state index contributed by atoms with van der Waals surface area (Å²) in [6.07, 6.45) is 7.58. The SMILES string of the molecule is c1nncn1CC1CCCCNC1. The van der Waals surface area contributed by atoms with Crippen LogP contribution < -0.4 is 5.32 Å². The largest absolute Gasteiger partial charge is 0.320 e. The van der Waals surface area contributed by atoms with E-state index in [1.165, 1.54) is 25.8 Å². The summed E-state index contributed by atoms with van der Waals surface area (Å²) in [7, 11) is 0. The van der Waals surface area contributed by atoms with Gasteiger partial charge in [-0.2, -0.15) is 0 Å². The highest BCUT2D eigenvalue weighted by Gasteiger charge is 2.11. The maximum Gasteiger partial charge on any atom is 0.119 e. The van der Waals surface area contributed by atoms with E-state index in [1.807, 2.05) is 0 Å². The summed E-state index contributed by atoms with van der Waals surface area (Å²) in [6, 6.07) is 0. The topological polar surface area (TPSA) is 42.7 Å². The molecule has 1 unspecified atom stereocenters. The number of nitrogens with zero attached hydrogens (tertiary/aromatic N) is 3. The van der Waals surface area contributed by atoms with Crippen molar-refractivity contribution in [2.75, 3.05) is 13.1 Å². The lowest BCUT2D eigenvalue weighted by atomic mass is 10.0. The molecule has 1 saturated heterocycles. The van der Waals surface area contributed by atoms with Crippen LogP contribution in [0.25, 0.3) is 0 Å². The Kier molecular flexibility index (Phi) is 2.92. The van der Waals surface area contributed by atoms with Gasteiger partial charge in [0.05, 0.1) is 0 Å². The van der Waals surface area contributed by atoms with E-state index in [4.69, 9.17) is 0 Å². The first-order valence-corrected chi connectivity index (χ1v) is 4.98. The molecule has 0 aromatic carbocycles. The lowest BCUT2D eigenvalue weighted by Gasteiger charge is -2.13. The minimum absolute atomic E-state index is 0.749. The van der Waals surface area contributed by atoms with E-state index in [9.17, 15) is 0 Å². The predicted octanol–water partition coefficient (Wildman–Crippen LogP) is 0.668. The predicted molar refractivity (Wildman–Crippen MR) is 50.2 cm³/mol. The molecule has 0 aliphatic carbocycles. The zero-order valence-electron chi connectivity index (χ0n) is 7.82. The van der Waals surface area contributed by atoms with Crippen LogP contribution >= 0.6 is 0 Å². The van der Waals surface area contributed by atoms with Crippen LogP contribution in [-0.4, -0.2) is 27.9 Å². The van der Waals surface area contributed by atoms with Crippen molar-refractivity contribution in [1.29, 1.82) is 0 Å². The Bertz CT molecular complexity index is 224. The molecule has 0 radical (unpaired) electrons. The zero-order valence-corrected chi connectivity index (χ0v) is 7.82. The third kappa shape index (κ3) is 2.52. The van der Waals surface area contributed by atoms with Gasteiger partial charge in [-0.05, 0) is 31.8 Å². The quantitative estimate of drug-likeness (QED) is 0.727. The minimum Gasteiger partial charge on any atom is -0.320 e. The monoisotopic (exact) mass is 180 g/mol. The van der Waals surface area contributed by atoms with Gasteiger partial charge >= 0.3 is 0 Å². The molecule has 72 valence electrons. The summed E-state index contributed by atoms with van der Waals surface area (Å²) >= 11 is 0. The lowest BCUT2D eigenvalue weighted by Crippen LogP contribution is -2.23. The molecule has 4 nitrogen and oxygen atoms in total. The van der Waals surface area contributed by atoms with Gasteiger partial charge in [0.2, 0.25) is 0 Å². The highest BCUT2D eigenvalue weighted by molar-refractivity contribution is 4.70. The molecule has 13 heavy (non-hydrogen) atoms. The summed E-state index contributed by atoms with van der Waals surface area (Å²) in [5, 5.41) is 11.1. The molecular formula is C9H16N4. The Balaban J connectivity index is 1.86. The smallest absolute Gasteiger partial charge is 0.119 e. The molecule has 0 spiro atoms. The molecule has 0 saturated carbocycles. The molecular weight excluding hydrogens is 164 g/mol. The Labute approximate surface area is 78.4 Å². The fourth-order valence-corrected chi connectivity index (χ4v) is 1.86. The van der Waals surface area contributed by atoms with Crippen molar-refractivity contribution in [1.82, 2.24) is 20.1 Å². The first-order chi connectivity index (χ1) is 6.45. The zero-order chi connectivity index (χ0) is 8.93. The molecule has 0 amide bonds. The van der Waals surface area contributed by atoms with E-state index in [2.05, 4.69) is 20.1 Å². The fraction of sp³-hybridized carbons (Fsp3) is 0.778. The van der Waals surface area contributed by atoms with Crippen molar-refractivity contribution >= 4 is 0 Å². The van der Waals surface area contributed by atoms with Crippen molar-refractivity contribution < 1.29 is 0 Å². The van der Waals surface area contributed by atoms with Crippen LogP contribution in [-0.2, 0) is 6.54 Å². The molecule has 1 aliphatic rings. The van der Waals surface area contributed by atoms with Gasteiger partial charge in [0, 0.05) is 6.54 Å². The number of nitrogens with one attached hydrogen (secondary N) is 1. The number of aromatic nitrogens is 3. The van der Waals surface area contributed by atoms with E-state index in [0.29, 0.717) is 0 Å². The second-order valence-electron chi connectivity index (χ2n) is 3.72. The van der Waals surface area contributed by atoms with Gasteiger partial charge in [-0.25, -0.2) is 0 Å². The average molecular weight is 180 g/mol. The molecule has 0 bridgehead atoms. The third-order valence-electron chi connectivity index (χ3n) is 2.58. The van der Waals surface area contributed by atoms with E-state index in [0.717, 1.165) is 19.0 Å². The van der Waals surface area contributed by atoms with Gasteiger partial charge in [-0.1, -0.05) is 6.42 Å². The minimum atomic E-state index is 0.749. The Morgan fingerprint density at radius 2 is 2.15 bits per heavy atom. The van der Waals surface area contributed by atoms with Crippen LogP contribution in [0.1, 0.15) is 19.3 Å². The molecule has 1 aromatic rings. The first kappa shape index (κ1) is 8.69. The van der Waals surface area contributed by atoms with Crippen molar-refractivity contribution in [3.63, 3.8) is 0 Å². The molecule has 1 fully saturated rings. The number of hydrogen-bond donors (Lipinski definition) is 1. The summed E-state index contributed by atoms with van der Waals surface area (Å²) < 4.78 is 2.07. The van der Waals surface area contributed by atoms with Gasteiger partial charge < -0.3 is 9.88 Å². The number of hydrogen-bond acceptors (Lipinski definition) is 3. The van der Waals surface area contributed by atoms with E-state index in [-0.39, 0.29) is 0 Å². The fourth-order valence-electron chi connectivity index (χ4n) is 1.86. The van der Waals surface area contributed by atoms with Gasteiger partial charge in [0.15, 0.2) is 0 Å². The Morgan fingerprint density at radius 3 is 3.00 bits per heavy atom. The third-order valence-corrected chi connectivity index (χ3v) is 2.58. The molecule has 1 aliphatic heterocycles. The highest BCUT2D eigenvalue weighted by atomic mass is 15.2. The highest BCUT2D eigenvalue weighted by Crippen LogP contribution is 2.12. The Morgan fingerprint density at radius 1 is 1.31 bits per heavy atom. The lowest BCUT2D eigenvalue weighted by molar-refractivity contribution is 0.411. The second kappa shape index (κ2) is 4.37. The van der Waals surface area contributed by atoms with Gasteiger partial charge in [0.1, 0.15) is 12.7 Å². The maximum atomic E-state index is 3.80. The maximum absolute atomic E-state index is 3.80. The first-order valence-electron chi connectivity index (χ1n) is 4.98. The van der Waals surface area contributed by atoms with Crippen molar-refractivity contribution in [2.24, 2.45) is 5.92 Å². The second-order valence-corrected chi connectivity index (χ2v) is 3.72. The van der Waals surface area contributed by atoms with Crippen LogP contribution in [0.4, 0.5) is 0 Å². The molecule has 2 rings (SSSR count). The normalized spacial score (nSPS) is 24.2. The summed E-state index contributed by atoms with van der Waals surface area (Å²) in [5.41, 5.74) is 0. The van der Waals surface area contributed by atoms with Crippen molar-refractivity contribution in [3.8, 4) is 0 Å². The van der Waals surface area contributed by atoms with Crippen LogP contribution in [0, 0.1) is 5.92 Å². The van der Waals surface area contributed by atoms with Gasteiger partial charge in [0.25, 0.3) is 0 Å². The van der Waals surface area contributed by atoms with Crippen molar-refractivity contribution in [2.45, 2.75) is 25.8 Å². The van der Waals surface area contributed by atoms with Crippen LogP contribution in [0.15, 0.2) is 12.7 Å². The van der Waals surface area contributed by atoms with Crippen LogP contribution in [0.5, 0.6) is 0 Å². The van der Waals surface area contributed by atoms with E-state index >= 15 is 0 Å². The summed E-state index contributed by atoms with van der Waals surface area (Å²) in [6.45, 7) is 3.37. The van der Waals surface area contributed by atoms with Crippen molar-refractivity contribution in [3.05, 3.63) is 12.7 Å². The van der Waals surface area contributed by atoms with E-state index in [1.54, 1.807) is 12.7 Å². The molecule has 2 heterocycles. The average Bonchev–Trinajstić information content (AvgIpc) is 2.49. The molecule has 4 heteroatoms. The van der Waals surface area contributed by atoms with E-state index < -0.39 is 0 Å². The molecule has 1 atom stereocenters. The summed E-state index contributed by atoms with van der Waals surface area (Å²) in [4.78, 5) is 0. The van der Waals surface area contributed by atoms with Crippen LogP contribution in [0.2, 0.25) is 0 Å². The van der Waals surface area contributed by atoms with Gasteiger partial charge in [-0.15, -0.1) is 10.2 Å². The van der Waals surface area contributed by atoms with Gasteiger partial charge in [-0.3, -0.25) is 0 Å². The number of rotatable bonds is 2. The van der Waals surface area contributed by atoms with Crippen LogP contribution in [0.3, 0.4) is 0 Å². The Hall–Kier alpha value is -0.900. The molecule has 1 aromatic heterocycles. The standard InChI is InChI=1S/C9H16N4/c1-2-4-10-5-9(3-1)6-13-7-11-12-8-13/h7-10H,1-6H2. The summed E-state index contributed by atoms with van der Waals surface area (Å²) in [5.74, 6) is 0.749.